The molecule has 3 heterocycles. The molecule has 21 heavy (non-hydrogen) atoms. The molecule has 0 bridgehead atoms. The van der Waals surface area contributed by atoms with Crippen LogP contribution in [0, 0.1) is 6.92 Å². The fourth-order valence-electron chi connectivity index (χ4n) is 2.12. The van der Waals surface area contributed by atoms with Crippen LogP contribution in [0.5, 0.6) is 0 Å². The van der Waals surface area contributed by atoms with Crippen molar-refractivity contribution in [3.8, 4) is 0 Å². The van der Waals surface area contributed by atoms with Crippen LogP contribution in [0.25, 0.3) is 10.2 Å². The number of thiophene rings is 1. The second-order valence-electron chi connectivity index (χ2n) is 4.89. The molecule has 0 spiro atoms. The average molecular weight is 319 g/mol. The molecule has 3 rings (SSSR count). The number of nitrogens with zero attached hydrogens (tertiary/aromatic N) is 3. The van der Waals surface area contributed by atoms with Gasteiger partial charge in [-0.05, 0) is 26.3 Å². The van der Waals surface area contributed by atoms with E-state index in [2.05, 4.69) is 47.1 Å². The molecule has 3 aromatic heterocycles. The first-order chi connectivity index (χ1) is 10.1. The zero-order valence-corrected chi connectivity index (χ0v) is 13.8. The number of aryl methyl sites for hydroxylation is 2. The summed E-state index contributed by atoms with van der Waals surface area (Å²) in [4.78, 5) is 16.5. The summed E-state index contributed by atoms with van der Waals surface area (Å²) in [6, 6.07) is 2.18. The van der Waals surface area contributed by atoms with Crippen molar-refractivity contribution in [3.05, 3.63) is 27.0 Å². The summed E-state index contributed by atoms with van der Waals surface area (Å²) < 4.78 is 0. The highest BCUT2D eigenvalue weighted by Gasteiger charge is 2.15. The normalized spacial score (nSPS) is 12.7. The Labute approximate surface area is 131 Å². The minimum Gasteiger partial charge on any atom is -0.368 e. The maximum atomic E-state index is 5.81. The summed E-state index contributed by atoms with van der Waals surface area (Å²) in [6.07, 6.45) is 2.95. The summed E-state index contributed by atoms with van der Waals surface area (Å²) in [5.74, 6) is 1.08. The second-order valence-corrected chi connectivity index (χ2v) is 7.27. The lowest BCUT2D eigenvalue weighted by Crippen LogP contribution is -2.09. The van der Waals surface area contributed by atoms with E-state index in [1.165, 1.54) is 9.75 Å². The van der Waals surface area contributed by atoms with E-state index in [0.29, 0.717) is 5.95 Å². The largest absolute Gasteiger partial charge is 0.368 e. The summed E-state index contributed by atoms with van der Waals surface area (Å²) in [5.41, 5.74) is 5.81. The van der Waals surface area contributed by atoms with E-state index in [0.717, 1.165) is 27.5 Å². The van der Waals surface area contributed by atoms with E-state index in [9.17, 15) is 0 Å². The van der Waals surface area contributed by atoms with Crippen LogP contribution in [0.3, 0.4) is 0 Å². The molecule has 3 aromatic rings. The van der Waals surface area contributed by atoms with Crippen LogP contribution in [0.2, 0.25) is 0 Å². The topological polar surface area (TPSA) is 76.7 Å². The average Bonchev–Trinajstić information content (AvgIpc) is 3.04. The monoisotopic (exact) mass is 319 g/mol. The second kappa shape index (κ2) is 5.57. The van der Waals surface area contributed by atoms with E-state index >= 15 is 0 Å². The number of nitrogen functional groups attached to an aromatic ring is 1. The number of rotatable bonds is 4. The van der Waals surface area contributed by atoms with Crippen molar-refractivity contribution in [3.63, 3.8) is 0 Å². The van der Waals surface area contributed by atoms with Gasteiger partial charge in [0.1, 0.15) is 15.7 Å². The Balaban J connectivity index is 1.93. The standard InChI is InChI=1S/C14H17N5S2/c1-4-9-6-16-12(21-9)8(3)17-11-10-5-7(2)20-13(10)19-14(15)18-11/h5-6,8H,4H2,1-3H3,(H3,15,17,18,19). The van der Waals surface area contributed by atoms with Gasteiger partial charge in [-0.25, -0.2) is 9.97 Å². The first kappa shape index (κ1) is 14.2. The molecule has 110 valence electrons. The van der Waals surface area contributed by atoms with Crippen LogP contribution >= 0.6 is 22.7 Å². The first-order valence-electron chi connectivity index (χ1n) is 6.81. The maximum Gasteiger partial charge on any atom is 0.223 e. The van der Waals surface area contributed by atoms with E-state index in [1.807, 2.05) is 6.20 Å². The molecule has 0 aliphatic rings. The number of nitrogens with one attached hydrogen (secondary N) is 1. The molecule has 0 saturated carbocycles. The van der Waals surface area contributed by atoms with Crippen molar-refractivity contribution in [2.45, 2.75) is 33.2 Å². The maximum absolute atomic E-state index is 5.81. The number of fused-ring (bicyclic) bond motifs is 1. The summed E-state index contributed by atoms with van der Waals surface area (Å²) in [6.45, 7) is 6.28. The molecule has 7 heteroatoms. The van der Waals surface area contributed by atoms with Crippen LogP contribution in [0.15, 0.2) is 12.3 Å². The fraction of sp³-hybridized carbons (Fsp3) is 0.357. The van der Waals surface area contributed by atoms with E-state index in [1.54, 1.807) is 22.7 Å². The molecule has 0 aliphatic carbocycles. The lowest BCUT2D eigenvalue weighted by molar-refractivity contribution is 0.862. The Hall–Kier alpha value is -1.73. The summed E-state index contributed by atoms with van der Waals surface area (Å²) in [7, 11) is 0. The van der Waals surface area contributed by atoms with Gasteiger partial charge in [-0.3, -0.25) is 0 Å². The molecule has 0 fully saturated rings. The predicted molar refractivity (Wildman–Crippen MR) is 90.1 cm³/mol. The predicted octanol–water partition coefficient (Wildman–Crippen LogP) is 3.77. The van der Waals surface area contributed by atoms with Crippen molar-refractivity contribution in [1.82, 2.24) is 15.0 Å². The molecular weight excluding hydrogens is 302 g/mol. The lowest BCUT2D eigenvalue weighted by Gasteiger charge is -2.12. The van der Waals surface area contributed by atoms with Crippen LogP contribution in [-0.2, 0) is 6.42 Å². The molecule has 1 atom stereocenters. The van der Waals surface area contributed by atoms with Crippen LogP contribution in [0.4, 0.5) is 11.8 Å². The van der Waals surface area contributed by atoms with Crippen LogP contribution in [0.1, 0.15) is 34.7 Å². The van der Waals surface area contributed by atoms with Crippen molar-refractivity contribution in [2.75, 3.05) is 11.1 Å². The highest BCUT2D eigenvalue weighted by atomic mass is 32.1. The first-order valence-corrected chi connectivity index (χ1v) is 8.45. The molecule has 0 amide bonds. The van der Waals surface area contributed by atoms with Gasteiger partial charge in [-0.15, -0.1) is 22.7 Å². The third-order valence-electron chi connectivity index (χ3n) is 3.18. The Morgan fingerprint density at radius 1 is 1.33 bits per heavy atom. The fourth-order valence-corrected chi connectivity index (χ4v) is 3.87. The summed E-state index contributed by atoms with van der Waals surface area (Å²) in [5, 5.41) is 5.49. The molecular formula is C14H17N5S2. The Kier molecular flexibility index (Phi) is 3.77. The van der Waals surface area contributed by atoms with Gasteiger partial charge >= 0.3 is 0 Å². The Morgan fingerprint density at radius 3 is 2.86 bits per heavy atom. The van der Waals surface area contributed by atoms with Gasteiger partial charge < -0.3 is 11.1 Å². The number of thiazole rings is 1. The van der Waals surface area contributed by atoms with E-state index in [-0.39, 0.29) is 6.04 Å². The van der Waals surface area contributed by atoms with Gasteiger partial charge in [-0.1, -0.05) is 6.92 Å². The molecule has 3 N–H and O–H groups in total. The van der Waals surface area contributed by atoms with Crippen molar-refractivity contribution < 1.29 is 0 Å². The number of hydrogen-bond donors (Lipinski definition) is 2. The van der Waals surface area contributed by atoms with Gasteiger partial charge in [0.25, 0.3) is 0 Å². The highest BCUT2D eigenvalue weighted by molar-refractivity contribution is 7.18. The minimum atomic E-state index is 0.0907. The van der Waals surface area contributed by atoms with Crippen LogP contribution < -0.4 is 11.1 Å². The molecule has 1 unspecified atom stereocenters. The third kappa shape index (κ3) is 2.84. The third-order valence-corrected chi connectivity index (χ3v) is 5.45. The van der Waals surface area contributed by atoms with Gasteiger partial charge in [-0.2, -0.15) is 4.98 Å². The SMILES string of the molecule is CCc1cnc(C(C)Nc2nc(N)nc3sc(C)cc23)s1. The van der Waals surface area contributed by atoms with Crippen molar-refractivity contribution in [1.29, 1.82) is 0 Å². The highest BCUT2D eigenvalue weighted by Crippen LogP contribution is 2.31. The van der Waals surface area contributed by atoms with Crippen molar-refractivity contribution >= 4 is 44.7 Å². The number of nitrogens with two attached hydrogens (primary N) is 1. The van der Waals surface area contributed by atoms with Gasteiger partial charge in [0.2, 0.25) is 5.95 Å². The van der Waals surface area contributed by atoms with Crippen LogP contribution in [-0.4, -0.2) is 15.0 Å². The smallest absolute Gasteiger partial charge is 0.223 e. The van der Waals surface area contributed by atoms with Gasteiger partial charge in [0, 0.05) is 16.0 Å². The molecule has 0 saturated heterocycles. The number of aromatic nitrogens is 3. The Bertz CT molecular complexity index is 777. The molecule has 0 radical (unpaired) electrons. The number of anilines is 2. The van der Waals surface area contributed by atoms with E-state index in [4.69, 9.17) is 5.73 Å². The number of hydrogen-bond acceptors (Lipinski definition) is 7. The lowest BCUT2D eigenvalue weighted by atomic mass is 10.3. The Morgan fingerprint density at radius 2 is 2.14 bits per heavy atom. The zero-order valence-electron chi connectivity index (χ0n) is 12.2. The van der Waals surface area contributed by atoms with E-state index < -0.39 is 0 Å². The molecule has 0 aliphatic heterocycles. The van der Waals surface area contributed by atoms with Gasteiger partial charge in [0.15, 0.2) is 0 Å². The quantitative estimate of drug-likeness (QED) is 0.765. The van der Waals surface area contributed by atoms with Gasteiger partial charge in [0.05, 0.1) is 11.4 Å². The molecule has 5 nitrogen and oxygen atoms in total. The van der Waals surface area contributed by atoms with Crippen molar-refractivity contribution in [2.24, 2.45) is 0 Å². The zero-order chi connectivity index (χ0) is 15.0. The molecule has 0 aromatic carbocycles. The minimum absolute atomic E-state index is 0.0907. The summed E-state index contributed by atoms with van der Waals surface area (Å²) >= 11 is 3.36.